The van der Waals surface area contributed by atoms with Gasteiger partial charge in [0.2, 0.25) is 0 Å². The first kappa shape index (κ1) is 21.0. The molecule has 0 aromatic heterocycles. The van der Waals surface area contributed by atoms with E-state index in [0.29, 0.717) is 6.61 Å². The van der Waals surface area contributed by atoms with Gasteiger partial charge in [0.15, 0.2) is 0 Å². The largest absolute Gasteiger partial charge is 0.396 e. The molecule has 0 heterocycles. The third kappa shape index (κ3) is 11.2. The second-order valence-electron chi connectivity index (χ2n) is 7.99. The highest BCUT2D eigenvalue weighted by Gasteiger charge is 2.22. The van der Waals surface area contributed by atoms with Crippen LogP contribution in [0, 0.1) is 11.8 Å². The van der Waals surface area contributed by atoms with Crippen LogP contribution in [0.25, 0.3) is 0 Å². The van der Waals surface area contributed by atoms with E-state index in [2.05, 4.69) is 6.92 Å². The van der Waals surface area contributed by atoms with Gasteiger partial charge >= 0.3 is 0 Å². The van der Waals surface area contributed by atoms with Crippen LogP contribution in [-0.2, 0) is 0 Å². The fourth-order valence-electron chi connectivity index (χ4n) is 4.47. The molecule has 1 aliphatic carbocycles. The second-order valence-corrected chi connectivity index (χ2v) is 7.99. The van der Waals surface area contributed by atoms with Gasteiger partial charge in [-0.15, -0.1) is 0 Å². The molecule has 1 saturated carbocycles. The van der Waals surface area contributed by atoms with Gasteiger partial charge in [-0.2, -0.15) is 0 Å². The minimum absolute atomic E-state index is 0.390. The van der Waals surface area contributed by atoms with Crippen molar-refractivity contribution < 1.29 is 5.11 Å². The fourth-order valence-corrected chi connectivity index (χ4v) is 4.47. The summed E-state index contributed by atoms with van der Waals surface area (Å²) >= 11 is 0. The summed E-state index contributed by atoms with van der Waals surface area (Å²) in [6.45, 7) is 2.68. The molecule has 0 aliphatic heterocycles. The predicted octanol–water partition coefficient (Wildman–Crippen LogP) is 7.27. The third-order valence-electron chi connectivity index (χ3n) is 5.98. The molecule has 1 fully saturated rings. The quantitative estimate of drug-likeness (QED) is 0.314. The highest BCUT2D eigenvalue weighted by molar-refractivity contribution is 4.74. The topological polar surface area (TPSA) is 20.2 Å². The van der Waals surface area contributed by atoms with E-state index in [9.17, 15) is 0 Å². The van der Waals surface area contributed by atoms with Crippen LogP contribution < -0.4 is 0 Å². The zero-order chi connectivity index (χ0) is 16.6. The van der Waals surface area contributed by atoms with Gasteiger partial charge in [0.1, 0.15) is 0 Å². The normalized spacial score (nSPS) is 17.5. The lowest BCUT2D eigenvalue weighted by Gasteiger charge is -2.30. The molecule has 1 aliphatic rings. The zero-order valence-electron chi connectivity index (χ0n) is 16.0. The van der Waals surface area contributed by atoms with Crippen molar-refractivity contribution in [3.8, 4) is 0 Å². The molecular weight excluding hydrogens is 280 g/mol. The molecule has 1 atom stereocenters. The van der Waals surface area contributed by atoms with Crippen molar-refractivity contribution >= 4 is 0 Å². The molecule has 0 spiro atoms. The van der Waals surface area contributed by atoms with Crippen LogP contribution in [0.4, 0.5) is 0 Å². The van der Waals surface area contributed by atoms with Gasteiger partial charge in [-0.3, -0.25) is 0 Å². The molecule has 0 aromatic rings. The maximum atomic E-state index is 9.16. The summed E-state index contributed by atoms with van der Waals surface area (Å²) in [6.07, 6.45) is 25.4. The first-order valence-corrected chi connectivity index (χ1v) is 11.0. The zero-order valence-corrected chi connectivity index (χ0v) is 16.0. The van der Waals surface area contributed by atoms with E-state index >= 15 is 0 Å². The summed E-state index contributed by atoms with van der Waals surface area (Å²) in [6, 6.07) is 0. The number of rotatable bonds is 15. The molecule has 0 amide bonds. The molecule has 23 heavy (non-hydrogen) atoms. The highest BCUT2D eigenvalue weighted by Crippen LogP contribution is 2.35. The van der Waals surface area contributed by atoms with Gasteiger partial charge in [0.05, 0.1) is 0 Å². The molecule has 1 N–H and O–H groups in total. The summed E-state index contributed by atoms with van der Waals surface area (Å²) in [5.41, 5.74) is 0. The molecule has 1 nitrogen and oxygen atoms in total. The Hall–Kier alpha value is -0.0400. The molecule has 0 aromatic carbocycles. The van der Waals surface area contributed by atoms with Crippen LogP contribution in [0.5, 0.6) is 0 Å². The summed E-state index contributed by atoms with van der Waals surface area (Å²) in [5, 5.41) is 9.16. The average molecular weight is 325 g/mol. The summed E-state index contributed by atoms with van der Waals surface area (Å²) < 4.78 is 0. The molecule has 138 valence electrons. The van der Waals surface area contributed by atoms with E-state index in [1.165, 1.54) is 109 Å². The minimum atomic E-state index is 0.390. The third-order valence-corrected chi connectivity index (χ3v) is 5.98. The van der Waals surface area contributed by atoms with E-state index in [4.69, 9.17) is 5.11 Å². The number of aliphatic hydroxyl groups is 1. The maximum Gasteiger partial charge on any atom is 0.0431 e. The second kappa shape index (κ2) is 15.5. The van der Waals surface area contributed by atoms with Crippen molar-refractivity contribution in [1.82, 2.24) is 0 Å². The number of unbranched alkanes of at least 4 members (excludes halogenated alkanes) is 9. The van der Waals surface area contributed by atoms with Crippen LogP contribution >= 0.6 is 0 Å². The van der Waals surface area contributed by atoms with Gasteiger partial charge in [-0.05, 0) is 24.7 Å². The fraction of sp³-hybridized carbons (Fsp3) is 1.00. The van der Waals surface area contributed by atoms with Crippen molar-refractivity contribution in [2.75, 3.05) is 6.61 Å². The lowest BCUT2D eigenvalue weighted by molar-refractivity contribution is 0.197. The lowest BCUT2D eigenvalue weighted by atomic mass is 9.76. The summed E-state index contributed by atoms with van der Waals surface area (Å²) in [7, 11) is 0. The van der Waals surface area contributed by atoms with Crippen LogP contribution in [0.15, 0.2) is 0 Å². The van der Waals surface area contributed by atoms with E-state index < -0.39 is 0 Å². The van der Waals surface area contributed by atoms with Crippen molar-refractivity contribution in [3.63, 3.8) is 0 Å². The molecule has 0 radical (unpaired) electrons. The van der Waals surface area contributed by atoms with Crippen molar-refractivity contribution in [2.45, 2.75) is 122 Å². The average Bonchev–Trinajstić information content (AvgIpc) is 2.60. The first-order valence-electron chi connectivity index (χ1n) is 11.0. The van der Waals surface area contributed by atoms with Gasteiger partial charge in [-0.1, -0.05) is 110 Å². The van der Waals surface area contributed by atoms with Crippen LogP contribution in [0.2, 0.25) is 0 Å². The minimum Gasteiger partial charge on any atom is -0.396 e. The van der Waals surface area contributed by atoms with E-state index in [-0.39, 0.29) is 0 Å². The van der Waals surface area contributed by atoms with Crippen LogP contribution in [0.3, 0.4) is 0 Å². The highest BCUT2D eigenvalue weighted by atomic mass is 16.2. The molecule has 1 rings (SSSR count). The first-order chi connectivity index (χ1) is 11.4. The van der Waals surface area contributed by atoms with E-state index in [1.54, 1.807) is 0 Å². The number of hydrogen-bond donors (Lipinski definition) is 1. The molecule has 1 heteroatoms. The Balaban J connectivity index is 2.01. The molecule has 1 unspecified atom stereocenters. The van der Waals surface area contributed by atoms with Crippen LogP contribution in [0.1, 0.15) is 122 Å². The van der Waals surface area contributed by atoms with Crippen molar-refractivity contribution in [2.24, 2.45) is 11.8 Å². The van der Waals surface area contributed by atoms with Crippen molar-refractivity contribution in [3.05, 3.63) is 0 Å². The maximum absolute atomic E-state index is 9.16. The van der Waals surface area contributed by atoms with Gasteiger partial charge in [0, 0.05) is 6.61 Å². The Bertz CT molecular complexity index is 232. The Morgan fingerprint density at radius 2 is 1.22 bits per heavy atom. The van der Waals surface area contributed by atoms with Crippen molar-refractivity contribution in [1.29, 1.82) is 0 Å². The van der Waals surface area contributed by atoms with Gasteiger partial charge < -0.3 is 5.11 Å². The lowest BCUT2D eigenvalue weighted by Crippen LogP contribution is -2.18. The van der Waals surface area contributed by atoms with Crippen LogP contribution in [-0.4, -0.2) is 11.7 Å². The Labute approximate surface area is 146 Å². The smallest absolute Gasteiger partial charge is 0.0431 e. The van der Waals surface area contributed by atoms with Gasteiger partial charge in [0.25, 0.3) is 0 Å². The molecule has 0 bridgehead atoms. The Morgan fingerprint density at radius 1 is 0.696 bits per heavy atom. The van der Waals surface area contributed by atoms with E-state index in [1.807, 2.05) is 0 Å². The number of hydrogen-bond acceptors (Lipinski definition) is 1. The van der Waals surface area contributed by atoms with E-state index in [0.717, 1.165) is 18.3 Å². The van der Waals surface area contributed by atoms with Gasteiger partial charge in [-0.25, -0.2) is 0 Å². The molecule has 0 saturated heterocycles. The number of aliphatic hydroxyl groups excluding tert-OH is 1. The monoisotopic (exact) mass is 324 g/mol. The summed E-state index contributed by atoms with van der Waals surface area (Å²) in [5.74, 6) is 1.89. The standard InChI is InChI=1S/C22H44O/c1-2-3-4-5-6-7-8-9-10-12-16-22(19-15-20-23)21-17-13-11-14-18-21/h21-23H,2-20H2,1H3. The predicted molar refractivity (Wildman–Crippen MR) is 103 cm³/mol. The summed E-state index contributed by atoms with van der Waals surface area (Å²) in [4.78, 5) is 0. The SMILES string of the molecule is CCCCCCCCCCCCC(CCCO)C1CCCCC1. The Kier molecular flexibility index (Phi) is 14.1. The molecular formula is C22H44O. The Morgan fingerprint density at radius 3 is 1.78 bits per heavy atom.